The highest BCUT2D eigenvalue weighted by molar-refractivity contribution is 5.65. The molecular weight excluding hydrogens is 316 g/mol. The van der Waals surface area contributed by atoms with E-state index in [-0.39, 0.29) is 0 Å². The summed E-state index contributed by atoms with van der Waals surface area (Å²) < 4.78 is 4.06. The molecule has 5 rings (SSSR count). The smallest absolute Gasteiger partial charge is 0.203 e. The molecule has 0 spiro atoms. The Kier molecular flexibility index (Phi) is 3.27. The fraction of sp³-hybridized carbons (Fsp3) is 0.529. The standard InChI is InChI=1S/C17H22N8/c1-12-8-19-23(9-12)6-5-22-10-15-7-14(22)11-25(15)16-17-21-20-13(2)24(17)4-3-18-16/h3-4,8-9,14-15H,5-7,10-11H2,1-2H3. The van der Waals surface area contributed by atoms with Crippen molar-refractivity contribution in [3.63, 3.8) is 0 Å². The molecule has 0 aromatic carbocycles. The molecule has 25 heavy (non-hydrogen) atoms. The molecule has 8 heteroatoms. The molecule has 2 bridgehead atoms. The van der Waals surface area contributed by atoms with Gasteiger partial charge in [0.15, 0.2) is 5.82 Å². The Labute approximate surface area is 146 Å². The van der Waals surface area contributed by atoms with Crippen LogP contribution in [0.5, 0.6) is 0 Å². The van der Waals surface area contributed by atoms with E-state index in [2.05, 4.69) is 43.2 Å². The van der Waals surface area contributed by atoms with Crippen LogP contribution in [0.15, 0.2) is 24.8 Å². The summed E-state index contributed by atoms with van der Waals surface area (Å²) in [5, 5.41) is 12.9. The van der Waals surface area contributed by atoms with E-state index in [9.17, 15) is 0 Å². The third-order valence-corrected chi connectivity index (χ3v) is 5.48. The van der Waals surface area contributed by atoms with Crippen molar-refractivity contribution < 1.29 is 0 Å². The molecule has 0 amide bonds. The highest BCUT2D eigenvalue weighted by Crippen LogP contribution is 2.34. The Hall–Kier alpha value is -2.48. The maximum absolute atomic E-state index is 4.61. The van der Waals surface area contributed by atoms with Crippen molar-refractivity contribution >= 4 is 11.5 Å². The minimum Gasteiger partial charge on any atom is -0.348 e. The second kappa shape index (κ2) is 5.52. The van der Waals surface area contributed by atoms with Crippen molar-refractivity contribution in [3.05, 3.63) is 36.2 Å². The Morgan fingerprint density at radius 1 is 1.12 bits per heavy atom. The number of piperazine rings is 1. The zero-order valence-corrected chi connectivity index (χ0v) is 14.6. The van der Waals surface area contributed by atoms with E-state index in [0.29, 0.717) is 12.1 Å². The highest BCUT2D eigenvalue weighted by atomic mass is 15.4. The molecule has 5 heterocycles. The number of aromatic nitrogens is 6. The van der Waals surface area contributed by atoms with E-state index in [1.807, 2.05) is 34.6 Å². The quantitative estimate of drug-likeness (QED) is 0.704. The summed E-state index contributed by atoms with van der Waals surface area (Å²) in [6, 6.07) is 1.10. The Morgan fingerprint density at radius 3 is 2.80 bits per heavy atom. The zero-order chi connectivity index (χ0) is 17.0. The molecule has 0 radical (unpaired) electrons. The van der Waals surface area contributed by atoms with Crippen molar-refractivity contribution in [2.75, 3.05) is 24.5 Å². The first kappa shape index (κ1) is 14.8. The van der Waals surface area contributed by atoms with Gasteiger partial charge in [0.25, 0.3) is 0 Å². The first-order valence-corrected chi connectivity index (χ1v) is 8.85. The lowest BCUT2D eigenvalue weighted by atomic mass is 10.2. The maximum Gasteiger partial charge on any atom is 0.203 e. The largest absolute Gasteiger partial charge is 0.348 e. The van der Waals surface area contributed by atoms with Crippen molar-refractivity contribution in [1.29, 1.82) is 0 Å². The fourth-order valence-corrected chi connectivity index (χ4v) is 4.23. The third-order valence-electron chi connectivity index (χ3n) is 5.48. The van der Waals surface area contributed by atoms with Gasteiger partial charge in [-0.05, 0) is 25.8 Å². The van der Waals surface area contributed by atoms with E-state index < -0.39 is 0 Å². The van der Waals surface area contributed by atoms with E-state index in [0.717, 1.165) is 43.5 Å². The molecule has 3 aromatic rings. The molecule has 2 unspecified atom stereocenters. The van der Waals surface area contributed by atoms with Gasteiger partial charge in [0, 0.05) is 50.3 Å². The van der Waals surface area contributed by atoms with Gasteiger partial charge in [-0.1, -0.05) is 0 Å². The molecule has 2 fully saturated rings. The summed E-state index contributed by atoms with van der Waals surface area (Å²) in [7, 11) is 0. The zero-order valence-electron chi connectivity index (χ0n) is 14.6. The first-order chi connectivity index (χ1) is 12.2. The van der Waals surface area contributed by atoms with E-state index in [4.69, 9.17) is 0 Å². The van der Waals surface area contributed by atoms with Gasteiger partial charge >= 0.3 is 0 Å². The van der Waals surface area contributed by atoms with Crippen LogP contribution in [0.3, 0.4) is 0 Å². The number of likely N-dealkylation sites (tertiary alicyclic amines) is 1. The normalized spacial score (nSPS) is 23.2. The second-order valence-corrected chi connectivity index (χ2v) is 7.16. The van der Waals surface area contributed by atoms with Gasteiger partial charge in [-0.3, -0.25) is 14.0 Å². The average Bonchev–Trinajstić information content (AvgIpc) is 3.37. The summed E-state index contributed by atoms with van der Waals surface area (Å²) in [4.78, 5) is 9.62. The van der Waals surface area contributed by atoms with Crippen molar-refractivity contribution in [2.45, 2.75) is 38.9 Å². The summed E-state index contributed by atoms with van der Waals surface area (Å²) >= 11 is 0. The van der Waals surface area contributed by atoms with E-state index >= 15 is 0 Å². The lowest BCUT2D eigenvalue weighted by Gasteiger charge is -2.34. The van der Waals surface area contributed by atoms with E-state index in [1.165, 1.54) is 12.0 Å². The summed E-state index contributed by atoms with van der Waals surface area (Å²) in [6.45, 7) is 8.16. The predicted octanol–water partition coefficient (Wildman–Crippen LogP) is 0.901. The predicted molar refractivity (Wildman–Crippen MR) is 93.6 cm³/mol. The lowest BCUT2D eigenvalue weighted by molar-refractivity contribution is 0.226. The maximum atomic E-state index is 4.61. The summed E-state index contributed by atoms with van der Waals surface area (Å²) in [5.41, 5.74) is 2.09. The van der Waals surface area contributed by atoms with Crippen LogP contribution in [-0.4, -0.2) is 66.0 Å². The molecular formula is C17H22N8. The minimum atomic E-state index is 0.514. The van der Waals surface area contributed by atoms with Crippen molar-refractivity contribution in [1.82, 2.24) is 34.3 Å². The number of hydrogen-bond acceptors (Lipinski definition) is 6. The van der Waals surface area contributed by atoms with Crippen LogP contribution in [0.1, 0.15) is 17.8 Å². The Balaban J connectivity index is 1.30. The first-order valence-electron chi connectivity index (χ1n) is 8.85. The van der Waals surface area contributed by atoms with Crippen molar-refractivity contribution in [2.24, 2.45) is 0 Å². The van der Waals surface area contributed by atoms with Crippen LogP contribution in [-0.2, 0) is 6.54 Å². The van der Waals surface area contributed by atoms with Crippen LogP contribution < -0.4 is 4.90 Å². The molecule has 2 aliphatic rings. The number of rotatable bonds is 4. The van der Waals surface area contributed by atoms with Gasteiger partial charge < -0.3 is 4.90 Å². The average molecular weight is 338 g/mol. The SMILES string of the molecule is Cc1cnn(CCN2CC3CC2CN3c2nccn3c(C)nnc23)c1. The molecule has 2 atom stereocenters. The number of aryl methyl sites for hydroxylation is 2. The minimum absolute atomic E-state index is 0.514. The summed E-state index contributed by atoms with van der Waals surface area (Å²) in [5.74, 6) is 1.87. The molecule has 130 valence electrons. The van der Waals surface area contributed by atoms with Gasteiger partial charge in [-0.2, -0.15) is 5.10 Å². The Morgan fingerprint density at radius 2 is 2.04 bits per heavy atom. The number of hydrogen-bond donors (Lipinski definition) is 0. The van der Waals surface area contributed by atoms with Gasteiger partial charge in [0.05, 0.1) is 12.7 Å². The van der Waals surface area contributed by atoms with E-state index in [1.54, 1.807) is 0 Å². The van der Waals surface area contributed by atoms with Crippen LogP contribution in [0.4, 0.5) is 5.82 Å². The molecule has 2 saturated heterocycles. The van der Waals surface area contributed by atoms with Gasteiger partial charge in [0.1, 0.15) is 5.82 Å². The number of fused-ring (bicyclic) bond motifs is 3. The molecule has 0 aliphatic carbocycles. The Bertz CT molecular complexity index is 912. The molecule has 2 aliphatic heterocycles. The summed E-state index contributed by atoms with van der Waals surface area (Å²) in [6.07, 6.45) is 9.01. The van der Waals surface area contributed by atoms with Crippen LogP contribution in [0, 0.1) is 13.8 Å². The van der Waals surface area contributed by atoms with Crippen LogP contribution in [0.2, 0.25) is 0 Å². The molecule has 0 saturated carbocycles. The van der Waals surface area contributed by atoms with Gasteiger partial charge in [-0.15, -0.1) is 10.2 Å². The second-order valence-electron chi connectivity index (χ2n) is 7.16. The monoisotopic (exact) mass is 338 g/mol. The van der Waals surface area contributed by atoms with Crippen molar-refractivity contribution in [3.8, 4) is 0 Å². The van der Waals surface area contributed by atoms with Crippen LogP contribution >= 0.6 is 0 Å². The molecule has 3 aromatic heterocycles. The lowest BCUT2D eigenvalue weighted by Crippen LogP contribution is -2.47. The van der Waals surface area contributed by atoms with Gasteiger partial charge in [-0.25, -0.2) is 4.98 Å². The molecule has 8 nitrogen and oxygen atoms in total. The fourth-order valence-electron chi connectivity index (χ4n) is 4.23. The highest BCUT2D eigenvalue weighted by Gasteiger charge is 2.44. The number of anilines is 1. The number of nitrogens with zero attached hydrogens (tertiary/aromatic N) is 8. The topological polar surface area (TPSA) is 67.4 Å². The third kappa shape index (κ3) is 2.39. The van der Waals surface area contributed by atoms with Crippen LogP contribution in [0.25, 0.3) is 5.65 Å². The van der Waals surface area contributed by atoms with Gasteiger partial charge in [0.2, 0.25) is 5.65 Å². The molecule has 0 N–H and O–H groups in total.